The van der Waals surface area contributed by atoms with Crippen molar-refractivity contribution in [1.82, 2.24) is 20.9 Å². The van der Waals surface area contributed by atoms with Crippen LogP contribution in [0, 0.1) is 0 Å². The van der Waals surface area contributed by atoms with Crippen molar-refractivity contribution in [2.75, 3.05) is 33.3 Å². The lowest BCUT2D eigenvalue weighted by atomic mass is 10.0. The van der Waals surface area contributed by atoms with E-state index in [1.807, 2.05) is 41.5 Å². The van der Waals surface area contributed by atoms with Crippen LogP contribution in [0.5, 0.6) is 0 Å². The molecule has 0 aromatic rings. The van der Waals surface area contributed by atoms with E-state index in [-0.39, 0.29) is 37.1 Å². The number of carbonyl (C=O) groups excluding carboxylic acids is 4. The summed E-state index contributed by atoms with van der Waals surface area (Å²) < 4.78 is 17.0. The van der Waals surface area contributed by atoms with Crippen molar-refractivity contribution < 1.29 is 33.4 Å². The Bertz CT molecular complexity index is 961. The van der Waals surface area contributed by atoms with Crippen LogP contribution in [0.3, 0.4) is 0 Å². The van der Waals surface area contributed by atoms with Gasteiger partial charge in [0.15, 0.2) is 17.6 Å². The predicted octanol–water partition coefficient (Wildman–Crippen LogP) is 0.834. The second-order valence-corrected chi connectivity index (χ2v) is 11.7. The summed E-state index contributed by atoms with van der Waals surface area (Å²) in [5.74, 6) is -1.31. The molecule has 2 rings (SSSR count). The van der Waals surface area contributed by atoms with Crippen LogP contribution in [0.25, 0.3) is 0 Å². The Labute approximate surface area is 225 Å². The summed E-state index contributed by atoms with van der Waals surface area (Å²) in [5, 5.41) is 9.23. The number of methoxy groups -OCH3 is 1. The van der Waals surface area contributed by atoms with Crippen LogP contribution in [-0.2, 0) is 33.4 Å². The molecule has 2 aliphatic heterocycles. The van der Waals surface area contributed by atoms with Gasteiger partial charge in [0.05, 0.1) is 50.2 Å². The van der Waals surface area contributed by atoms with Gasteiger partial charge in [-0.2, -0.15) is 0 Å². The van der Waals surface area contributed by atoms with E-state index in [0.717, 1.165) is 0 Å². The first kappa shape index (κ1) is 31.5. The largest absolute Gasteiger partial charge is 0.467 e. The molecule has 2 aliphatic rings. The van der Waals surface area contributed by atoms with Crippen LogP contribution < -0.4 is 16.0 Å². The highest BCUT2D eigenvalue weighted by Gasteiger charge is 2.37. The third-order valence-electron chi connectivity index (χ3n) is 5.73. The summed E-state index contributed by atoms with van der Waals surface area (Å²) in [7, 11) is 1.28. The molecule has 1 amide bonds. The van der Waals surface area contributed by atoms with Gasteiger partial charge in [0.2, 0.25) is 5.91 Å². The van der Waals surface area contributed by atoms with Crippen molar-refractivity contribution in [2.24, 2.45) is 0 Å². The molecule has 0 saturated carbocycles. The van der Waals surface area contributed by atoms with E-state index in [1.54, 1.807) is 13.8 Å². The fraction of sp³-hybridized carbons (Fsp3) is 0.704. The molecule has 0 aliphatic carbocycles. The van der Waals surface area contributed by atoms with Crippen molar-refractivity contribution in [3.63, 3.8) is 0 Å². The Hall–Kier alpha value is -2.76. The Morgan fingerprint density at radius 3 is 1.89 bits per heavy atom. The molecule has 0 spiro atoms. The van der Waals surface area contributed by atoms with E-state index in [2.05, 4.69) is 16.0 Å². The lowest BCUT2D eigenvalue weighted by Crippen LogP contribution is -2.57. The minimum atomic E-state index is -0.894. The number of esters is 1. The maximum atomic E-state index is 13.8. The maximum absolute atomic E-state index is 13.8. The highest BCUT2D eigenvalue weighted by Crippen LogP contribution is 2.19. The zero-order chi connectivity index (χ0) is 28.8. The van der Waals surface area contributed by atoms with Gasteiger partial charge in [-0.25, -0.2) is 4.79 Å². The Morgan fingerprint density at radius 2 is 1.37 bits per heavy atom. The zero-order valence-corrected chi connectivity index (χ0v) is 24.1. The first-order valence-corrected chi connectivity index (χ1v) is 12.9. The minimum Gasteiger partial charge on any atom is -0.467 e. The van der Waals surface area contributed by atoms with Crippen molar-refractivity contribution >= 4 is 23.4 Å². The molecule has 0 radical (unpaired) electrons. The molecule has 0 aromatic carbocycles. The fourth-order valence-corrected chi connectivity index (χ4v) is 4.41. The Balaban J connectivity index is 2.27. The van der Waals surface area contributed by atoms with Gasteiger partial charge in [0.1, 0.15) is 6.04 Å². The Morgan fingerprint density at radius 1 is 0.842 bits per heavy atom. The zero-order valence-electron chi connectivity index (χ0n) is 24.1. The van der Waals surface area contributed by atoms with Gasteiger partial charge in [0, 0.05) is 30.1 Å². The number of rotatable bonds is 10. The molecule has 3 N–H and O–H groups in total. The summed E-state index contributed by atoms with van der Waals surface area (Å²) in [5.41, 5.74) is -0.0833. The minimum absolute atomic E-state index is 0.0664. The van der Waals surface area contributed by atoms with Gasteiger partial charge in [-0.15, -0.1) is 0 Å². The van der Waals surface area contributed by atoms with Gasteiger partial charge in [0.25, 0.3) is 0 Å². The highest BCUT2D eigenvalue weighted by atomic mass is 16.5. The van der Waals surface area contributed by atoms with E-state index >= 15 is 0 Å². The van der Waals surface area contributed by atoms with Crippen molar-refractivity contribution in [3.05, 3.63) is 23.5 Å². The molecule has 2 heterocycles. The molecule has 214 valence electrons. The third kappa shape index (κ3) is 9.85. The molecule has 4 atom stereocenters. The number of hydrogen-bond donors (Lipinski definition) is 3. The SMILES string of the molecule is COC(=O)[C@@H](NC1=CC(=O)CN(C(=O)[C@@H](NC2=CC(=O)CNC2)[C@@H](C)OC(C)(C)C)C1)[C@@H](C)OC(C)(C)C. The Kier molecular flexibility index (Phi) is 10.6. The van der Waals surface area contributed by atoms with Crippen LogP contribution in [0.4, 0.5) is 0 Å². The van der Waals surface area contributed by atoms with E-state index in [9.17, 15) is 19.2 Å². The molecule has 0 aromatic heterocycles. The number of amides is 1. The number of ketones is 2. The standard InChI is InChI=1S/C27H44N4O7/c1-16(37-26(3,4)5)22(29-18-10-20(32)13-28-12-18)24(34)31-14-19(11-21(33)15-31)30-23(25(35)36-9)17(2)38-27(6,7)8/h10-11,16-17,22-23,28-30H,12-15H2,1-9H3/t16-,17-,22+,23+/m1/s1. The number of hydrogen-bond acceptors (Lipinski definition) is 10. The van der Waals surface area contributed by atoms with E-state index in [0.29, 0.717) is 17.9 Å². The summed E-state index contributed by atoms with van der Waals surface area (Å²) in [6.45, 7) is 15.4. The van der Waals surface area contributed by atoms with Crippen LogP contribution >= 0.6 is 0 Å². The average Bonchev–Trinajstić information content (AvgIpc) is 2.77. The normalized spacial score (nSPS) is 20.1. The number of carbonyl (C=O) groups is 4. The summed E-state index contributed by atoms with van der Waals surface area (Å²) in [6, 6.07) is -1.75. The number of nitrogens with one attached hydrogen (secondary N) is 3. The van der Waals surface area contributed by atoms with E-state index < -0.39 is 41.5 Å². The molecule has 11 heteroatoms. The molecule has 0 bridgehead atoms. The summed E-state index contributed by atoms with van der Waals surface area (Å²) in [4.78, 5) is 52.4. The summed E-state index contributed by atoms with van der Waals surface area (Å²) in [6.07, 6.45) is 1.71. The third-order valence-corrected chi connectivity index (χ3v) is 5.73. The van der Waals surface area contributed by atoms with Crippen LogP contribution in [0.2, 0.25) is 0 Å². The lowest BCUT2D eigenvalue weighted by Gasteiger charge is -2.37. The lowest BCUT2D eigenvalue weighted by molar-refractivity contribution is -0.150. The van der Waals surface area contributed by atoms with Crippen molar-refractivity contribution in [1.29, 1.82) is 0 Å². The smallest absolute Gasteiger partial charge is 0.330 e. The highest BCUT2D eigenvalue weighted by molar-refractivity contribution is 5.97. The van der Waals surface area contributed by atoms with Gasteiger partial charge >= 0.3 is 5.97 Å². The molecule has 0 fully saturated rings. The molecular formula is C27H44N4O7. The average molecular weight is 537 g/mol. The van der Waals surface area contributed by atoms with Gasteiger partial charge in [-0.1, -0.05) is 0 Å². The summed E-state index contributed by atoms with van der Waals surface area (Å²) >= 11 is 0. The monoisotopic (exact) mass is 536 g/mol. The first-order chi connectivity index (χ1) is 17.5. The van der Waals surface area contributed by atoms with Gasteiger partial charge < -0.3 is 35.1 Å². The second-order valence-electron chi connectivity index (χ2n) is 11.7. The quantitative estimate of drug-likeness (QED) is 0.345. The molecule has 0 saturated heterocycles. The van der Waals surface area contributed by atoms with E-state index in [1.165, 1.54) is 24.2 Å². The van der Waals surface area contributed by atoms with Crippen molar-refractivity contribution in [2.45, 2.75) is 90.9 Å². The van der Waals surface area contributed by atoms with E-state index in [4.69, 9.17) is 14.2 Å². The number of nitrogens with zero attached hydrogens (tertiary/aromatic N) is 1. The maximum Gasteiger partial charge on any atom is 0.330 e. The predicted molar refractivity (Wildman–Crippen MR) is 142 cm³/mol. The molecule has 38 heavy (non-hydrogen) atoms. The fourth-order valence-electron chi connectivity index (χ4n) is 4.41. The molecule has 0 unspecified atom stereocenters. The van der Waals surface area contributed by atoms with Crippen molar-refractivity contribution in [3.8, 4) is 0 Å². The second kappa shape index (κ2) is 12.9. The molecular weight excluding hydrogens is 492 g/mol. The topological polar surface area (TPSA) is 135 Å². The van der Waals surface area contributed by atoms with Gasteiger partial charge in [-0.3, -0.25) is 14.4 Å². The van der Waals surface area contributed by atoms with Crippen LogP contribution in [-0.4, -0.2) is 97.1 Å². The first-order valence-electron chi connectivity index (χ1n) is 12.9. The number of ether oxygens (including phenoxy) is 3. The van der Waals surface area contributed by atoms with Crippen LogP contribution in [0.15, 0.2) is 23.5 Å². The van der Waals surface area contributed by atoms with Gasteiger partial charge in [-0.05, 0) is 55.4 Å². The van der Waals surface area contributed by atoms with Crippen LogP contribution in [0.1, 0.15) is 55.4 Å². The molecule has 11 nitrogen and oxygen atoms in total.